The summed E-state index contributed by atoms with van der Waals surface area (Å²) in [5.41, 5.74) is 0.386. The van der Waals surface area contributed by atoms with Gasteiger partial charge in [0.05, 0.1) is 4.88 Å². The summed E-state index contributed by atoms with van der Waals surface area (Å²) in [6.07, 6.45) is -1.05. The van der Waals surface area contributed by atoms with Gasteiger partial charge in [-0.3, -0.25) is 14.4 Å². The second-order valence-electron chi connectivity index (χ2n) is 4.94. The van der Waals surface area contributed by atoms with Gasteiger partial charge in [0.15, 0.2) is 6.10 Å². The lowest BCUT2D eigenvalue weighted by molar-refractivity contribution is -0.152. The van der Waals surface area contributed by atoms with Crippen molar-refractivity contribution in [1.29, 1.82) is 0 Å². The SMILES string of the molecule is C[C@H](OC(=O)CNC(=O)c1cccs1)C(=O)Nc1cc(Cl)cc(Cl)c1. The number of hydrogen-bond acceptors (Lipinski definition) is 5. The third kappa shape index (κ3) is 6.04. The van der Waals surface area contributed by atoms with Gasteiger partial charge in [0, 0.05) is 15.7 Å². The minimum absolute atomic E-state index is 0.336. The van der Waals surface area contributed by atoms with Crippen molar-refractivity contribution in [2.75, 3.05) is 11.9 Å². The van der Waals surface area contributed by atoms with Crippen molar-refractivity contribution in [3.63, 3.8) is 0 Å². The lowest BCUT2D eigenvalue weighted by atomic mass is 10.3. The summed E-state index contributed by atoms with van der Waals surface area (Å²) in [4.78, 5) is 36.0. The first-order chi connectivity index (χ1) is 11.8. The van der Waals surface area contributed by atoms with Crippen molar-refractivity contribution >= 4 is 58.0 Å². The molecule has 2 rings (SSSR count). The Kier molecular flexibility index (Phi) is 6.81. The Morgan fingerprint density at radius 2 is 1.88 bits per heavy atom. The second kappa shape index (κ2) is 8.84. The molecule has 0 aliphatic rings. The number of carbonyl (C=O) groups is 3. The van der Waals surface area contributed by atoms with E-state index in [0.717, 1.165) is 0 Å². The maximum absolute atomic E-state index is 12.0. The van der Waals surface area contributed by atoms with Crippen molar-refractivity contribution < 1.29 is 19.1 Å². The van der Waals surface area contributed by atoms with E-state index < -0.39 is 18.0 Å². The summed E-state index contributed by atoms with van der Waals surface area (Å²) in [6, 6.07) is 7.92. The molecule has 132 valence electrons. The van der Waals surface area contributed by atoms with Gasteiger partial charge in [-0.25, -0.2) is 0 Å². The molecule has 1 aromatic heterocycles. The van der Waals surface area contributed by atoms with Gasteiger partial charge in [-0.1, -0.05) is 29.3 Å². The van der Waals surface area contributed by atoms with Gasteiger partial charge in [-0.05, 0) is 36.6 Å². The molecule has 9 heteroatoms. The number of hydrogen-bond donors (Lipinski definition) is 2. The van der Waals surface area contributed by atoms with Crippen LogP contribution in [0.4, 0.5) is 5.69 Å². The number of esters is 1. The van der Waals surface area contributed by atoms with Crippen LogP contribution in [0.5, 0.6) is 0 Å². The Hall–Kier alpha value is -2.09. The van der Waals surface area contributed by atoms with E-state index in [1.165, 1.54) is 36.5 Å². The Balaban J connectivity index is 1.81. The molecule has 25 heavy (non-hydrogen) atoms. The number of halogens is 2. The molecular formula is C16H14Cl2N2O4S. The predicted octanol–water partition coefficient (Wildman–Crippen LogP) is 3.36. The van der Waals surface area contributed by atoms with Gasteiger partial charge in [0.2, 0.25) is 0 Å². The van der Waals surface area contributed by atoms with Gasteiger partial charge >= 0.3 is 5.97 Å². The highest BCUT2D eigenvalue weighted by molar-refractivity contribution is 7.12. The minimum Gasteiger partial charge on any atom is -0.451 e. The van der Waals surface area contributed by atoms with E-state index in [2.05, 4.69) is 10.6 Å². The van der Waals surface area contributed by atoms with E-state index in [0.29, 0.717) is 20.6 Å². The quantitative estimate of drug-likeness (QED) is 0.728. The van der Waals surface area contributed by atoms with E-state index in [1.807, 2.05) is 0 Å². The fourth-order valence-electron chi connectivity index (χ4n) is 1.81. The number of carbonyl (C=O) groups excluding carboxylic acids is 3. The summed E-state index contributed by atoms with van der Waals surface area (Å²) in [7, 11) is 0. The fourth-order valence-corrected chi connectivity index (χ4v) is 2.98. The van der Waals surface area contributed by atoms with Crippen LogP contribution in [0.25, 0.3) is 0 Å². The molecular weight excluding hydrogens is 387 g/mol. The number of amides is 2. The van der Waals surface area contributed by atoms with Crippen LogP contribution < -0.4 is 10.6 Å². The zero-order chi connectivity index (χ0) is 18.4. The molecule has 2 N–H and O–H groups in total. The lowest BCUT2D eigenvalue weighted by Gasteiger charge is -2.14. The van der Waals surface area contributed by atoms with Crippen molar-refractivity contribution in [2.45, 2.75) is 13.0 Å². The molecule has 0 spiro atoms. The molecule has 0 saturated carbocycles. The Morgan fingerprint density at radius 1 is 1.20 bits per heavy atom. The van der Waals surface area contributed by atoms with Crippen molar-refractivity contribution in [3.8, 4) is 0 Å². The van der Waals surface area contributed by atoms with E-state index >= 15 is 0 Å². The zero-order valence-corrected chi connectivity index (χ0v) is 15.4. The number of rotatable bonds is 6. The fraction of sp³-hybridized carbons (Fsp3) is 0.188. The third-order valence-corrected chi connectivity index (χ3v) is 4.25. The van der Waals surface area contributed by atoms with Crippen LogP contribution >= 0.6 is 34.5 Å². The van der Waals surface area contributed by atoms with Crippen molar-refractivity contribution in [3.05, 3.63) is 50.6 Å². The van der Waals surface area contributed by atoms with E-state index in [4.69, 9.17) is 27.9 Å². The average molecular weight is 401 g/mol. The molecule has 0 saturated heterocycles. The molecule has 0 fully saturated rings. The summed E-state index contributed by atoms with van der Waals surface area (Å²) in [5, 5.41) is 7.45. The Bertz CT molecular complexity index is 760. The number of thiophene rings is 1. The molecule has 0 bridgehead atoms. The predicted molar refractivity (Wildman–Crippen MR) is 97.3 cm³/mol. The number of ether oxygens (including phenoxy) is 1. The number of benzene rings is 1. The molecule has 1 heterocycles. The standard InChI is InChI=1S/C16H14Cl2N2O4S/c1-9(15(22)20-12-6-10(17)5-11(18)7-12)24-14(21)8-19-16(23)13-3-2-4-25-13/h2-7,9H,8H2,1H3,(H,19,23)(H,20,22)/t9-/m0/s1. The summed E-state index contributed by atoms with van der Waals surface area (Å²) in [6.45, 7) is 1.08. The molecule has 2 aromatic rings. The monoisotopic (exact) mass is 400 g/mol. The van der Waals surface area contributed by atoms with E-state index in [-0.39, 0.29) is 12.5 Å². The van der Waals surface area contributed by atoms with Crippen molar-refractivity contribution in [1.82, 2.24) is 5.32 Å². The second-order valence-corrected chi connectivity index (χ2v) is 6.76. The van der Waals surface area contributed by atoms with Crippen LogP contribution in [0, 0.1) is 0 Å². The molecule has 0 aliphatic heterocycles. The highest BCUT2D eigenvalue weighted by Gasteiger charge is 2.19. The van der Waals surface area contributed by atoms with Crippen LogP contribution in [0.15, 0.2) is 35.7 Å². The Morgan fingerprint density at radius 3 is 2.48 bits per heavy atom. The van der Waals surface area contributed by atoms with Gasteiger partial charge in [-0.2, -0.15) is 0 Å². The summed E-state index contributed by atoms with van der Waals surface area (Å²) in [5.74, 6) is -1.65. The molecule has 0 radical (unpaired) electrons. The smallest absolute Gasteiger partial charge is 0.326 e. The van der Waals surface area contributed by atoms with Gasteiger partial charge < -0.3 is 15.4 Å². The lowest BCUT2D eigenvalue weighted by Crippen LogP contribution is -2.35. The summed E-state index contributed by atoms with van der Waals surface area (Å²) < 4.78 is 4.98. The van der Waals surface area contributed by atoms with Gasteiger partial charge in [-0.15, -0.1) is 11.3 Å². The first-order valence-electron chi connectivity index (χ1n) is 7.13. The van der Waals surface area contributed by atoms with Crippen LogP contribution in [0.3, 0.4) is 0 Å². The topological polar surface area (TPSA) is 84.5 Å². The van der Waals surface area contributed by atoms with Gasteiger partial charge in [0.1, 0.15) is 6.54 Å². The molecule has 1 aromatic carbocycles. The highest BCUT2D eigenvalue weighted by Crippen LogP contribution is 2.22. The first kappa shape index (κ1) is 19.2. The molecule has 1 atom stereocenters. The van der Waals surface area contributed by atoms with Crippen LogP contribution in [0.1, 0.15) is 16.6 Å². The summed E-state index contributed by atoms with van der Waals surface area (Å²) >= 11 is 13.0. The number of nitrogens with one attached hydrogen (secondary N) is 2. The van der Waals surface area contributed by atoms with Gasteiger partial charge in [0.25, 0.3) is 11.8 Å². The van der Waals surface area contributed by atoms with Crippen LogP contribution in [-0.4, -0.2) is 30.4 Å². The van der Waals surface area contributed by atoms with Crippen LogP contribution in [-0.2, 0) is 14.3 Å². The third-order valence-electron chi connectivity index (χ3n) is 2.95. The first-order valence-corrected chi connectivity index (χ1v) is 8.77. The maximum Gasteiger partial charge on any atom is 0.326 e. The number of anilines is 1. The van der Waals surface area contributed by atoms with E-state index in [9.17, 15) is 14.4 Å². The largest absolute Gasteiger partial charge is 0.451 e. The highest BCUT2D eigenvalue weighted by atomic mass is 35.5. The maximum atomic E-state index is 12.0. The van der Waals surface area contributed by atoms with E-state index in [1.54, 1.807) is 17.5 Å². The molecule has 0 aliphatic carbocycles. The Labute approximate surface area is 158 Å². The molecule has 0 unspecified atom stereocenters. The molecule has 2 amide bonds. The minimum atomic E-state index is -1.05. The normalized spacial score (nSPS) is 11.5. The van der Waals surface area contributed by atoms with Crippen molar-refractivity contribution in [2.24, 2.45) is 0 Å². The molecule has 6 nitrogen and oxygen atoms in total. The average Bonchev–Trinajstić information content (AvgIpc) is 3.06. The van der Waals surface area contributed by atoms with Crippen LogP contribution in [0.2, 0.25) is 10.0 Å². The zero-order valence-electron chi connectivity index (χ0n) is 13.0.